The first-order chi connectivity index (χ1) is 8.77. The SMILES string of the molecule is CCCCCCCCC(CN)c1ccc(C)cc1. The van der Waals surface area contributed by atoms with Crippen LogP contribution in [0.5, 0.6) is 0 Å². The van der Waals surface area contributed by atoms with Crippen LogP contribution >= 0.6 is 0 Å². The van der Waals surface area contributed by atoms with Gasteiger partial charge in [-0.15, -0.1) is 0 Å². The fraction of sp³-hybridized carbons (Fsp3) is 0.647. The lowest BCUT2D eigenvalue weighted by atomic mass is 9.92. The Kier molecular flexibility index (Phi) is 7.75. The average molecular weight is 247 g/mol. The predicted octanol–water partition coefficient (Wildman–Crippen LogP) is 4.79. The fourth-order valence-corrected chi connectivity index (χ4v) is 2.43. The van der Waals surface area contributed by atoms with Crippen molar-refractivity contribution in [1.82, 2.24) is 0 Å². The lowest BCUT2D eigenvalue weighted by molar-refractivity contribution is 0.542. The molecule has 0 amide bonds. The van der Waals surface area contributed by atoms with Crippen molar-refractivity contribution >= 4 is 0 Å². The molecular weight excluding hydrogens is 218 g/mol. The quantitative estimate of drug-likeness (QED) is 0.624. The van der Waals surface area contributed by atoms with Gasteiger partial charge in [0.15, 0.2) is 0 Å². The first-order valence-electron chi connectivity index (χ1n) is 7.54. The molecule has 0 bridgehead atoms. The molecule has 1 unspecified atom stereocenters. The zero-order valence-electron chi connectivity index (χ0n) is 12.1. The molecule has 0 aliphatic heterocycles. The van der Waals surface area contributed by atoms with Crippen LogP contribution in [-0.2, 0) is 0 Å². The van der Waals surface area contributed by atoms with Gasteiger partial charge >= 0.3 is 0 Å². The van der Waals surface area contributed by atoms with Gasteiger partial charge in [0.05, 0.1) is 0 Å². The van der Waals surface area contributed by atoms with E-state index in [1.165, 1.54) is 56.1 Å². The van der Waals surface area contributed by atoms with Crippen LogP contribution in [0.1, 0.15) is 68.9 Å². The number of unbranched alkanes of at least 4 members (excludes halogenated alkanes) is 5. The molecule has 1 aromatic carbocycles. The van der Waals surface area contributed by atoms with Crippen LogP contribution < -0.4 is 5.73 Å². The van der Waals surface area contributed by atoms with E-state index in [-0.39, 0.29) is 0 Å². The molecule has 0 saturated heterocycles. The van der Waals surface area contributed by atoms with E-state index in [4.69, 9.17) is 5.73 Å². The van der Waals surface area contributed by atoms with Gasteiger partial charge in [-0.3, -0.25) is 0 Å². The second-order valence-corrected chi connectivity index (χ2v) is 5.40. The molecule has 0 aromatic heterocycles. The van der Waals surface area contributed by atoms with E-state index < -0.39 is 0 Å². The van der Waals surface area contributed by atoms with Crippen molar-refractivity contribution < 1.29 is 0 Å². The Morgan fingerprint density at radius 1 is 0.944 bits per heavy atom. The standard InChI is InChI=1S/C17H29N/c1-3-4-5-6-7-8-9-17(14-18)16-12-10-15(2)11-13-16/h10-13,17H,3-9,14,18H2,1-2H3. The number of hydrogen-bond donors (Lipinski definition) is 1. The summed E-state index contributed by atoms with van der Waals surface area (Å²) in [7, 11) is 0. The molecule has 1 aromatic rings. The molecule has 1 heteroatoms. The largest absolute Gasteiger partial charge is 0.330 e. The maximum absolute atomic E-state index is 5.91. The summed E-state index contributed by atoms with van der Waals surface area (Å²) in [6.45, 7) is 5.18. The Morgan fingerprint density at radius 3 is 2.17 bits per heavy atom. The van der Waals surface area contributed by atoms with Gasteiger partial charge in [0.25, 0.3) is 0 Å². The molecule has 0 aliphatic carbocycles. The van der Waals surface area contributed by atoms with Gasteiger partial charge < -0.3 is 5.73 Å². The first-order valence-corrected chi connectivity index (χ1v) is 7.54. The van der Waals surface area contributed by atoms with E-state index in [1.54, 1.807) is 0 Å². The summed E-state index contributed by atoms with van der Waals surface area (Å²) in [4.78, 5) is 0. The molecule has 0 heterocycles. The molecule has 0 radical (unpaired) electrons. The van der Waals surface area contributed by atoms with E-state index >= 15 is 0 Å². The monoisotopic (exact) mass is 247 g/mol. The molecule has 0 saturated carbocycles. The van der Waals surface area contributed by atoms with Crippen LogP contribution in [0, 0.1) is 6.92 Å². The van der Waals surface area contributed by atoms with Crippen molar-refractivity contribution in [3.63, 3.8) is 0 Å². The fourth-order valence-electron chi connectivity index (χ4n) is 2.43. The van der Waals surface area contributed by atoms with Gasteiger partial charge in [-0.1, -0.05) is 75.3 Å². The van der Waals surface area contributed by atoms with Crippen molar-refractivity contribution in [3.8, 4) is 0 Å². The smallest absolute Gasteiger partial charge is 0.000824 e. The maximum Gasteiger partial charge on any atom is -0.000824 e. The van der Waals surface area contributed by atoms with Crippen LogP contribution in [0.2, 0.25) is 0 Å². The molecular formula is C17H29N. The summed E-state index contributed by atoms with van der Waals surface area (Å²) in [5, 5.41) is 0. The molecule has 1 atom stereocenters. The minimum atomic E-state index is 0.553. The Morgan fingerprint density at radius 2 is 1.56 bits per heavy atom. The van der Waals surface area contributed by atoms with Crippen LogP contribution in [0.3, 0.4) is 0 Å². The third kappa shape index (κ3) is 5.68. The van der Waals surface area contributed by atoms with Crippen LogP contribution in [0.25, 0.3) is 0 Å². The maximum atomic E-state index is 5.91. The summed E-state index contributed by atoms with van der Waals surface area (Å²) >= 11 is 0. The minimum Gasteiger partial charge on any atom is -0.330 e. The van der Waals surface area contributed by atoms with Crippen molar-refractivity contribution in [2.45, 2.75) is 64.7 Å². The number of aryl methyl sites for hydroxylation is 1. The second-order valence-electron chi connectivity index (χ2n) is 5.40. The van der Waals surface area contributed by atoms with E-state index in [2.05, 4.69) is 38.1 Å². The van der Waals surface area contributed by atoms with E-state index in [1.807, 2.05) is 0 Å². The minimum absolute atomic E-state index is 0.553. The molecule has 2 N–H and O–H groups in total. The highest BCUT2D eigenvalue weighted by Crippen LogP contribution is 2.22. The Balaban J connectivity index is 2.27. The van der Waals surface area contributed by atoms with E-state index in [9.17, 15) is 0 Å². The average Bonchev–Trinajstić information content (AvgIpc) is 2.39. The van der Waals surface area contributed by atoms with Gasteiger partial charge in [-0.2, -0.15) is 0 Å². The predicted molar refractivity (Wildman–Crippen MR) is 81.0 cm³/mol. The summed E-state index contributed by atoms with van der Waals surface area (Å²) in [5.74, 6) is 0.553. The van der Waals surface area contributed by atoms with Gasteiger partial charge in [-0.25, -0.2) is 0 Å². The third-order valence-corrected chi connectivity index (χ3v) is 3.74. The van der Waals surface area contributed by atoms with Crippen LogP contribution in [0.15, 0.2) is 24.3 Å². The molecule has 0 aliphatic rings. The van der Waals surface area contributed by atoms with Crippen molar-refractivity contribution in [3.05, 3.63) is 35.4 Å². The lowest BCUT2D eigenvalue weighted by Gasteiger charge is -2.15. The summed E-state index contributed by atoms with van der Waals surface area (Å²) in [6.07, 6.45) is 9.42. The summed E-state index contributed by atoms with van der Waals surface area (Å²) < 4.78 is 0. The number of benzene rings is 1. The molecule has 1 nitrogen and oxygen atoms in total. The topological polar surface area (TPSA) is 26.0 Å². The molecule has 0 fully saturated rings. The normalized spacial score (nSPS) is 12.6. The highest BCUT2D eigenvalue weighted by atomic mass is 14.5. The van der Waals surface area contributed by atoms with Gasteiger partial charge in [0.1, 0.15) is 0 Å². The Bertz CT molecular complexity index is 302. The summed E-state index contributed by atoms with van der Waals surface area (Å²) in [5.41, 5.74) is 8.65. The van der Waals surface area contributed by atoms with E-state index in [0.29, 0.717) is 5.92 Å². The number of rotatable bonds is 9. The molecule has 18 heavy (non-hydrogen) atoms. The third-order valence-electron chi connectivity index (χ3n) is 3.74. The molecule has 1 rings (SSSR count). The molecule has 0 spiro atoms. The van der Waals surface area contributed by atoms with Crippen molar-refractivity contribution in [2.75, 3.05) is 6.54 Å². The van der Waals surface area contributed by atoms with Crippen molar-refractivity contribution in [2.24, 2.45) is 5.73 Å². The van der Waals surface area contributed by atoms with Gasteiger partial charge in [-0.05, 0) is 31.4 Å². The van der Waals surface area contributed by atoms with Crippen LogP contribution in [-0.4, -0.2) is 6.54 Å². The zero-order valence-corrected chi connectivity index (χ0v) is 12.1. The number of hydrogen-bond acceptors (Lipinski definition) is 1. The summed E-state index contributed by atoms with van der Waals surface area (Å²) in [6, 6.07) is 8.87. The van der Waals surface area contributed by atoms with E-state index in [0.717, 1.165) is 6.54 Å². The zero-order chi connectivity index (χ0) is 13.2. The molecule has 102 valence electrons. The first kappa shape index (κ1) is 15.2. The number of nitrogens with two attached hydrogens (primary N) is 1. The lowest BCUT2D eigenvalue weighted by Crippen LogP contribution is -2.12. The van der Waals surface area contributed by atoms with Gasteiger partial charge in [0.2, 0.25) is 0 Å². The van der Waals surface area contributed by atoms with Crippen LogP contribution in [0.4, 0.5) is 0 Å². The van der Waals surface area contributed by atoms with Gasteiger partial charge in [0, 0.05) is 0 Å². The highest BCUT2D eigenvalue weighted by molar-refractivity contribution is 5.24. The van der Waals surface area contributed by atoms with Crippen molar-refractivity contribution in [1.29, 1.82) is 0 Å². The second kappa shape index (κ2) is 9.16. The highest BCUT2D eigenvalue weighted by Gasteiger charge is 2.08. The Hall–Kier alpha value is -0.820. The Labute approximate surface area is 113 Å².